The van der Waals surface area contributed by atoms with Crippen LogP contribution in [0.5, 0.6) is 0 Å². The lowest BCUT2D eigenvalue weighted by atomic mass is 9.93. The average molecular weight is 498 g/mol. The summed E-state index contributed by atoms with van der Waals surface area (Å²) in [5.41, 5.74) is 11.7. The first-order valence-corrected chi connectivity index (χ1v) is 12.5. The van der Waals surface area contributed by atoms with Gasteiger partial charge in [0.1, 0.15) is 11.3 Å². The molecule has 0 saturated carbocycles. The Hall–Kier alpha value is -4.13. The number of nitrogens with zero attached hydrogens (tertiary/aromatic N) is 1. The molecule has 5 rings (SSSR count). The predicted molar refractivity (Wildman–Crippen MR) is 144 cm³/mol. The molecule has 2 heterocycles. The molecule has 7 heteroatoms. The van der Waals surface area contributed by atoms with Crippen molar-refractivity contribution in [2.75, 3.05) is 5.32 Å². The molecular formula is C30H31N3O4. The highest BCUT2D eigenvalue weighted by atomic mass is 16.4. The van der Waals surface area contributed by atoms with Crippen LogP contribution in [-0.4, -0.2) is 17.5 Å². The summed E-state index contributed by atoms with van der Waals surface area (Å²) in [5.74, 6) is 0.490. The Morgan fingerprint density at radius 2 is 1.68 bits per heavy atom. The molecule has 0 aliphatic heterocycles. The summed E-state index contributed by atoms with van der Waals surface area (Å²) < 4.78 is 11.7. The Balaban J connectivity index is 1.34. The van der Waals surface area contributed by atoms with Gasteiger partial charge in [0.15, 0.2) is 5.76 Å². The van der Waals surface area contributed by atoms with Gasteiger partial charge < -0.3 is 14.2 Å². The van der Waals surface area contributed by atoms with Crippen LogP contribution >= 0.6 is 0 Å². The smallest absolute Gasteiger partial charge is 0.291 e. The van der Waals surface area contributed by atoms with Crippen LogP contribution in [0.2, 0.25) is 0 Å². The minimum atomic E-state index is -0.294. The summed E-state index contributed by atoms with van der Waals surface area (Å²) in [6.07, 6.45) is 4.05. The van der Waals surface area contributed by atoms with Crippen molar-refractivity contribution in [3.05, 3.63) is 87.1 Å². The van der Waals surface area contributed by atoms with Crippen molar-refractivity contribution >= 4 is 34.2 Å². The summed E-state index contributed by atoms with van der Waals surface area (Å²) in [6, 6.07) is 9.97. The second kappa shape index (κ2) is 9.73. The molecule has 190 valence electrons. The van der Waals surface area contributed by atoms with Gasteiger partial charge in [-0.2, -0.15) is 5.10 Å². The third-order valence-electron chi connectivity index (χ3n) is 6.77. The fourth-order valence-electron chi connectivity index (χ4n) is 5.33. The molecule has 1 aliphatic rings. The number of anilines is 1. The molecule has 0 spiro atoms. The van der Waals surface area contributed by atoms with Crippen LogP contribution < -0.4 is 10.7 Å². The molecular weight excluding hydrogens is 466 g/mol. The number of carbonyl (C=O) groups is 2. The van der Waals surface area contributed by atoms with E-state index in [0.29, 0.717) is 6.42 Å². The number of hydrogen-bond donors (Lipinski definition) is 2. The highest BCUT2D eigenvalue weighted by Crippen LogP contribution is 2.31. The summed E-state index contributed by atoms with van der Waals surface area (Å²) in [6.45, 7) is 9.89. The van der Waals surface area contributed by atoms with Gasteiger partial charge in [-0.3, -0.25) is 9.59 Å². The number of amides is 2. The standard InChI is InChI=1S/C30H31N3O4/c1-16-9-17(2)12-22(11-16)31-30(35)29-20(5)28-23(7-6-8-24(28)37-29)32-33-26(34)14-21-15-36-25-13-18(3)10-19(4)27(21)25/h9-13,15H,6-8,14H2,1-5H3,(H,31,35)(H,33,34)/b32-23+. The molecule has 0 radical (unpaired) electrons. The molecule has 37 heavy (non-hydrogen) atoms. The molecule has 0 saturated heterocycles. The van der Waals surface area contributed by atoms with Crippen LogP contribution in [0.15, 0.2) is 50.5 Å². The molecule has 2 amide bonds. The molecule has 2 aromatic carbocycles. The van der Waals surface area contributed by atoms with E-state index in [9.17, 15) is 9.59 Å². The highest BCUT2D eigenvalue weighted by molar-refractivity contribution is 6.09. The molecule has 0 atom stereocenters. The molecule has 7 nitrogen and oxygen atoms in total. The topological polar surface area (TPSA) is 96.8 Å². The van der Waals surface area contributed by atoms with Gasteiger partial charge in [0, 0.05) is 34.2 Å². The summed E-state index contributed by atoms with van der Waals surface area (Å²) in [4.78, 5) is 25.9. The maximum atomic E-state index is 13.1. The molecule has 0 unspecified atom stereocenters. The van der Waals surface area contributed by atoms with E-state index in [0.717, 1.165) is 79.9 Å². The zero-order valence-corrected chi connectivity index (χ0v) is 21.9. The molecule has 2 N–H and O–H groups in total. The Bertz CT molecular complexity index is 1550. The minimum absolute atomic E-state index is 0.161. The van der Waals surface area contributed by atoms with E-state index < -0.39 is 0 Å². The van der Waals surface area contributed by atoms with Crippen LogP contribution in [0.1, 0.15) is 68.1 Å². The van der Waals surface area contributed by atoms with Crippen LogP contribution in [0.25, 0.3) is 11.0 Å². The fraction of sp³-hybridized carbons (Fsp3) is 0.300. The zero-order valence-electron chi connectivity index (χ0n) is 21.9. The van der Waals surface area contributed by atoms with E-state index >= 15 is 0 Å². The maximum Gasteiger partial charge on any atom is 0.291 e. The van der Waals surface area contributed by atoms with E-state index in [-0.39, 0.29) is 24.0 Å². The summed E-state index contributed by atoms with van der Waals surface area (Å²) in [7, 11) is 0. The first kappa shape index (κ1) is 24.6. The van der Waals surface area contributed by atoms with Crippen LogP contribution in [0.4, 0.5) is 5.69 Å². The third-order valence-corrected chi connectivity index (χ3v) is 6.77. The molecule has 1 aliphatic carbocycles. The quantitative estimate of drug-likeness (QED) is 0.320. The highest BCUT2D eigenvalue weighted by Gasteiger charge is 2.28. The number of benzene rings is 2. The number of carbonyl (C=O) groups excluding carboxylic acids is 2. The number of hydrogen-bond acceptors (Lipinski definition) is 5. The van der Waals surface area contributed by atoms with Gasteiger partial charge >= 0.3 is 0 Å². The largest absolute Gasteiger partial charge is 0.464 e. The van der Waals surface area contributed by atoms with Crippen molar-refractivity contribution < 1.29 is 18.4 Å². The molecule has 4 aromatic rings. The normalized spacial score (nSPS) is 14.1. The monoisotopic (exact) mass is 497 g/mol. The number of nitrogens with one attached hydrogen (secondary N) is 2. The molecule has 0 bridgehead atoms. The summed E-state index contributed by atoms with van der Waals surface area (Å²) in [5, 5.41) is 8.38. The summed E-state index contributed by atoms with van der Waals surface area (Å²) >= 11 is 0. The second-order valence-electron chi connectivity index (χ2n) is 10.0. The van der Waals surface area contributed by atoms with Crippen molar-refractivity contribution in [1.29, 1.82) is 0 Å². The van der Waals surface area contributed by atoms with Gasteiger partial charge in [0.25, 0.3) is 5.91 Å². The first-order valence-electron chi connectivity index (χ1n) is 12.5. The molecule has 0 fully saturated rings. The van der Waals surface area contributed by atoms with Crippen LogP contribution in [0.3, 0.4) is 0 Å². The zero-order chi connectivity index (χ0) is 26.3. The van der Waals surface area contributed by atoms with E-state index in [4.69, 9.17) is 8.83 Å². The SMILES string of the molecule is Cc1cc(C)cc(NC(=O)c2oc3c(c2C)/C(=N/NC(=O)Cc2coc4cc(C)cc(C)c24)CCC3)c1. The number of fused-ring (bicyclic) bond motifs is 2. The van der Waals surface area contributed by atoms with Crippen molar-refractivity contribution in [2.45, 2.75) is 60.3 Å². The number of aryl methyl sites for hydroxylation is 5. The van der Waals surface area contributed by atoms with Crippen molar-refractivity contribution in [1.82, 2.24) is 5.43 Å². The lowest BCUT2D eigenvalue weighted by molar-refractivity contribution is -0.120. The van der Waals surface area contributed by atoms with Crippen molar-refractivity contribution in [3.8, 4) is 0 Å². The van der Waals surface area contributed by atoms with E-state index in [1.165, 1.54) is 0 Å². The van der Waals surface area contributed by atoms with Crippen molar-refractivity contribution in [3.63, 3.8) is 0 Å². The van der Waals surface area contributed by atoms with Gasteiger partial charge in [-0.1, -0.05) is 12.1 Å². The lowest BCUT2D eigenvalue weighted by Crippen LogP contribution is -2.23. The van der Waals surface area contributed by atoms with Gasteiger partial charge in [-0.15, -0.1) is 0 Å². The Morgan fingerprint density at radius 3 is 2.43 bits per heavy atom. The lowest BCUT2D eigenvalue weighted by Gasteiger charge is -2.13. The van der Waals surface area contributed by atoms with Crippen LogP contribution in [0, 0.1) is 34.6 Å². The first-order chi connectivity index (χ1) is 17.7. The van der Waals surface area contributed by atoms with E-state index in [1.54, 1.807) is 6.26 Å². The number of hydrazone groups is 1. The second-order valence-corrected chi connectivity index (χ2v) is 10.0. The van der Waals surface area contributed by atoms with Gasteiger partial charge in [0.2, 0.25) is 5.91 Å². The maximum absolute atomic E-state index is 13.1. The number of furan rings is 2. The average Bonchev–Trinajstić information content (AvgIpc) is 3.38. The van der Waals surface area contributed by atoms with Gasteiger partial charge in [-0.05, 0) is 87.9 Å². The molecule has 2 aromatic heterocycles. The predicted octanol–water partition coefficient (Wildman–Crippen LogP) is 6.22. The Kier molecular flexibility index (Phi) is 6.46. The Morgan fingerprint density at radius 1 is 0.946 bits per heavy atom. The van der Waals surface area contributed by atoms with Crippen molar-refractivity contribution in [2.24, 2.45) is 5.10 Å². The Labute approximate surface area is 215 Å². The minimum Gasteiger partial charge on any atom is -0.464 e. The van der Waals surface area contributed by atoms with E-state index in [1.807, 2.05) is 52.8 Å². The van der Waals surface area contributed by atoms with Gasteiger partial charge in [-0.25, -0.2) is 5.43 Å². The third kappa shape index (κ3) is 4.94. The van der Waals surface area contributed by atoms with Crippen LogP contribution in [-0.2, 0) is 17.6 Å². The van der Waals surface area contributed by atoms with E-state index in [2.05, 4.69) is 28.0 Å². The number of rotatable bonds is 5. The van der Waals surface area contributed by atoms with Gasteiger partial charge in [0.05, 0.1) is 18.4 Å². The fourth-order valence-corrected chi connectivity index (χ4v) is 5.33.